The maximum atomic E-state index is 12.7. The number of carbonyl (C=O) groups is 6. The summed E-state index contributed by atoms with van der Waals surface area (Å²) in [4.78, 5) is 72.5. The van der Waals surface area contributed by atoms with E-state index in [-0.39, 0.29) is 92.9 Å². The van der Waals surface area contributed by atoms with E-state index in [1.54, 1.807) is 0 Å². The molecule has 0 N–H and O–H groups in total. The second kappa shape index (κ2) is 28.0. The maximum absolute atomic E-state index is 12.7. The quantitative estimate of drug-likeness (QED) is 0.126. The van der Waals surface area contributed by atoms with Crippen molar-refractivity contribution in [2.24, 2.45) is 127 Å². The van der Waals surface area contributed by atoms with Crippen molar-refractivity contribution in [2.45, 2.75) is 324 Å². The van der Waals surface area contributed by atoms with Gasteiger partial charge in [-0.2, -0.15) is 0 Å². The fourth-order valence-corrected chi connectivity index (χ4v) is 19.7. The van der Waals surface area contributed by atoms with Crippen LogP contribution in [-0.2, 0) is 61.9 Å². The molecule has 0 radical (unpaired) electrons. The van der Waals surface area contributed by atoms with E-state index in [9.17, 15) is 28.8 Å². The van der Waals surface area contributed by atoms with Crippen LogP contribution in [0.2, 0.25) is 0 Å². The molecule has 8 bridgehead atoms. The summed E-state index contributed by atoms with van der Waals surface area (Å²) in [6.07, 6.45) is 19.9. The first-order valence-electron chi connectivity index (χ1n) is 37.2. The molecule has 12 aliphatic rings. The van der Waals surface area contributed by atoms with E-state index < -0.39 is 11.0 Å². The van der Waals surface area contributed by atoms with Gasteiger partial charge in [0.15, 0.2) is 0 Å². The van der Waals surface area contributed by atoms with Crippen LogP contribution in [0.3, 0.4) is 0 Å². The minimum absolute atomic E-state index is 0.000595. The first-order chi connectivity index (χ1) is 42.3. The van der Waals surface area contributed by atoms with E-state index in [1.807, 2.05) is 90.0 Å². The van der Waals surface area contributed by atoms with Gasteiger partial charge in [-0.25, -0.2) is 0 Å². The molecule has 2 aliphatic heterocycles. The zero-order chi connectivity index (χ0) is 69.1. The molecule has 12 fully saturated rings. The molecule has 0 aromatic rings. The number of cyclic esters (lactones) is 1. The molecule has 13 nitrogen and oxygen atoms in total. The van der Waals surface area contributed by atoms with Crippen molar-refractivity contribution in [3.05, 3.63) is 0 Å². The Kier molecular flexibility index (Phi) is 23.1. The lowest BCUT2D eigenvalue weighted by Crippen LogP contribution is -2.62. The summed E-state index contributed by atoms with van der Waals surface area (Å²) >= 11 is 0. The van der Waals surface area contributed by atoms with Crippen molar-refractivity contribution in [1.82, 2.24) is 0 Å². The van der Waals surface area contributed by atoms with Crippen LogP contribution in [0.5, 0.6) is 0 Å². The van der Waals surface area contributed by atoms with Crippen molar-refractivity contribution in [3.8, 4) is 0 Å². The lowest BCUT2D eigenvalue weighted by atomic mass is 9.44. The fraction of sp³-hybridized carbons (Fsp3) is 0.924. The van der Waals surface area contributed by atoms with Gasteiger partial charge in [-0.3, -0.25) is 28.8 Å². The van der Waals surface area contributed by atoms with Crippen LogP contribution in [-0.4, -0.2) is 77.7 Å². The first kappa shape index (κ1) is 76.2. The highest BCUT2D eigenvalue weighted by Gasteiger charge is 2.69. The van der Waals surface area contributed by atoms with E-state index in [2.05, 4.69) is 83.1 Å². The topological polar surface area (TPSA) is 167 Å². The molecular weight excluding hydrogens is 1160 g/mol. The van der Waals surface area contributed by atoms with Crippen molar-refractivity contribution >= 4 is 35.8 Å². The van der Waals surface area contributed by atoms with Crippen LogP contribution in [0.4, 0.5) is 0 Å². The molecule has 20 atom stereocenters. The molecular formula is C79H134O13. The van der Waals surface area contributed by atoms with Crippen molar-refractivity contribution in [1.29, 1.82) is 0 Å². The molecule has 2 heterocycles. The van der Waals surface area contributed by atoms with Gasteiger partial charge in [-0.15, -0.1) is 0 Å². The second-order valence-electron chi connectivity index (χ2n) is 37.1. The van der Waals surface area contributed by atoms with E-state index in [0.717, 1.165) is 112 Å². The number of rotatable bonds is 13. The number of esters is 6. The Bertz CT molecular complexity index is 2590. The van der Waals surface area contributed by atoms with Gasteiger partial charge in [0.1, 0.15) is 22.4 Å². The van der Waals surface area contributed by atoms with Crippen molar-refractivity contribution in [2.75, 3.05) is 13.2 Å². The Balaban J connectivity index is 0.000000164. The fourth-order valence-electron chi connectivity index (χ4n) is 19.7. The zero-order valence-corrected chi connectivity index (χ0v) is 63.0. The number of ether oxygens (including phenoxy) is 7. The number of carbonyl (C=O) groups excluding carboxylic acids is 6. The minimum Gasteiger partial charge on any atom is -0.465 e. The molecule has 13 heteroatoms. The zero-order valence-electron chi connectivity index (χ0n) is 63.0. The Morgan fingerprint density at radius 3 is 1.48 bits per heavy atom. The third-order valence-electron chi connectivity index (χ3n) is 28.3. The molecule has 0 amide bonds. The molecule has 12 rings (SSSR count). The Morgan fingerprint density at radius 1 is 0.533 bits per heavy atom. The summed E-state index contributed by atoms with van der Waals surface area (Å²) in [5, 5.41) is 0. The minimum atomic E-state index is -0.657. The summed E-state index contributed by atoms with van der Waals surface area (Å²) in [6.45, 7) is 54.1. The average molecular weight is 1290 g/mol. The van der Waals surface area contributed by atoms with Gasteiger partial charge in [-0.1, -0.05) is 83.1 Å². The number of hydrogen-bond acceptors (Lipinski definition) is 13. The summed E-state index contributed by atoms with van der Waals surface area (Å²) in [7, 11) is 0. The molecule has 2 saturated heterocycles. The van der Waals surface area contributed by atoms with Crippen LogP contribution in [0.1, 0.15) is 295 Å². The van der Waals surface area contributed by atoms with Crippen LogP contribution in [0, 0.1) is 127 Å². The SMILES string of the molecule is CC1C2CC(C(=O)OC(C)(C)C)C(C2)C1C.CC1C2CC(C(=O)OC3CCCCO3)C(C2)C1C.CCC(C)(C)C(=O)OC(C)(C)C1COC(=O)C1.CCC(C)(C)C(=O)OC1(C)CCC23CC1C(C)(C)C2CCC3C.CCC(C)(C)C(=O)OC1(C)CCC2CC1C2(C)C. The molecule has 92 heavy (non-hydrogen) atoms. The van der Waals surface area contributed by atoms with Gasteiger partial charge < -0.3 is 33.2 Å². The predicted octanol–water partition coefficient (Wildman–Crippen LogP) is 18.3. The van der Waals surface area contributed by atoms with Crippen LogP contribution in [0.15, 0.2) is 0 Å². The molecule has 10 aliphatic carbocycles. The second-order valence-corrected chi connectivity index (χ2v) is 37.1. The van der Waals surface area contributed by atoms with E-state index >= 15 is 0 Å². The van der Waals surface area contributed by atoms with Crippen LogP contribution in [0.25, 0.3) is 0 Å². The molecule has 528 valence electrons. The summed E-state index contributed by atoms with van der Waals surface area (Å²) in [5.74, 6) is 8.99. The third-order valence-corrected chi connectivity index (χ3v) is 28.3. The van der Waals surface area contributed by atoms with E-state index in [0.29, 0.717) is 59.4 Å². The number of fused-ring (bicyclic) bond motifs is 7. The monoisotopic (exact) mass is 1290 g/mol. The maximum Gasteiger partial charge on any atom is 0.312 e. The van der Waals surface area contributed by atoms with Crippen molar-refractivity contribution in [3.63, 3.8) is 0 Å². The van der Waals surface area contributed by atoms with Gasteiger partial charge in [0, 0.05) is 24.2 Å². The molecule has 0 aromatic heterocycles. The van der Waals surface area contributed by atoms with E-state index in [1.165, 1.54) is 51.4 Å². The van der Waals surface area contributed by atoms with E-state index in [4.69, 9.17) is 33.2 Å². The third kappa shape index (κ3) is 15.7. The van der Waals surface area contributed by atoms with Gasteiger partial charge in [0.2, 0.25) is 6.29 Å². The normalized spacial score (nSPS) is 39.2. The Morgan fingerprint density at radius 2 is 1.04 bits per heavy atom. The highest BCUT2D eigenvalue weighted by Crippen LogP contribution is 2.74. The van der Waals surface area contributed by atoms with Gasteiger partial charge in [0.25, 0.3) is 0 Å². The van der Waals surface area contributed by atoms with Crippen LogP contribution >= 0.6 is 0 Å². The highest BCUT2D eigenvalue weighted by atomic mass is 16.7. The number of hydrogen-bond donors (Lipinski definition) is 0. The largest absolute Gasteiger partial charge is 0.465 e. The summed E-state index contributed by atoms with van der Waals surface area (Å²) in [6, 6.07) is 0. The Hall–Kier alpha value is -3.22. The van der Waals surface area contributed by atoms with Crippen LogP contribution < -0.4 is 0 Å². The van der Waals surface area contributed by atoms with Gasteiger partial charge >= 0.3 is 35.8 Å². The average Bonchev–Trinajstić information content (AvgIpc) is 1.43. The molecule has 10 saturated carbocycles. The summed E-state index contributed by atoms with van der Waals surface area (Å²) < 4.78 is 39.3. The lowest BCUT2D eigenvalue weighted by molar-refractivity contribution is -0.224. The van der Waals surface area contributed by atoms with Crippen molar-refractivity contribution < 1.29 is 61.9 Å². The summed E-state index contributed by atoms with van der Waals surface area (Å²) in [5.41, 5.74) is -1.55. The predicted molar refractivity (Wildman–Crippen MR) is 362 cm³/mol. The Labute approximate surface area is 559 Å². The smallest absolute Gasteiger partial charge is 0.312 e. The molecule has 1 spiro atoms. The van der Waals surface area contributed by atoms with Gasteiger partial charge in [0.05, 0.1) is 47.7 Å². The highest BCUT2D eigenvalue weighted by molar-refractivity contribution is 5.78. The first-order valence-corrected chi connectivity index (χ1v) is 37.2. The molecule has 0 aromatic carbocycles. The lowest BCUT2D eigenvalue weighted by Gasteiger charge is -2.63. The molecule has 20 unspecified atom stereocenters. The van der Waals surface area contributed by atoms with Gasteiger partial charge in [-0.05, 0) is 281 Å². The standard InChI is InChI=1S/C21H36O2.C16H28O2.C15H24O3.C14H24O2.C13H22O4/c1-8-18(3,4)17(22)23-20(7)11-12-21-13-16(20)19(5,6)15(21)10-9-14(21)2;1-7-14(2,3)13(17)18-16(6)9-8-11-10-12(16)15(11,4)5;1-9-10(2)12-7-11(9)8-13(12)15(16)18-14-5-3-4-6-17-14;1-8-9(2)11-6-10(8)7-12(11)13(15)16-14(3,4)5;1-6-12(2,3)11(15)17-13(4,5)9-7-10(14)16-8-9/h14-16H,8-13H2,1-7H3;11-12H,7-10H2,1-6H3;9-14H,3-8H2,1-2H3;8-12H,6-7H2,1-5H3;9H,6-8H2,1-5H3.